The van der Waals surface area contributed by atoms with Crippen LogP contribution in [0.4, 0.5) is 0 Å². The molecule has 1 aliphatic rings. The third-order valence-corrected chi connectivity index (χ3v) is 7.56. The molecule has 5 N–H and O–H groups in total. The summed E-state index contributed by atoms with van der Waals surface area (Å²) >= 11 is 0. The average molecular weight is 527 g/mol. The predicted octanol–water partition coefficient (Wildman–Crippen LogP) is 5.43. The minimum Gasteiger partial charge on any atom is -0.490 e. The molecule has 0 aliphatic carbocycles. The van der Waals surface area contributed by atoms with Gasteiger partial charge in [0.2, 0.25) is 0 Å². The molecule has 2 heterocycles. The zero-order chi connectivity index (χ0) is 28.0. The number of carbonyl (C=O) groups is 1. The number of benzene rings is 3. The van der Waals surface area contributed by atoms with Crippen LogP contribution in [0.5, 0.6) is 5.75 Å². The summed E-state index contributed by atoms with van der Waals surface area (Å²) in [6.07, 6.45) is 1.43. The number of aromatic nitrogens is 2. The molecule has 5 rings (SSSR count). The number of imidazole rings is 1. The van der Waals surface area contributed by atoms with Crippen LogP contribution in [-0.2, 0) is 0 Å². The summed E-state index contributed by atoms with van der Waals surface area (Å²) in [4.78, 5) is 19.5. The Labute approximate surface area is 227 Å². The highest BCUT2D eigenvalue weighted by atomic mass is 16.5. The smallest absolute Gasteiger partial charge is 0.338 e. The maximum atomic E-state index is 12.6. The van der Waals surface area contributed by atoms with Crippen LogP contribution in [0.1, 0.15) is 66.8 Å². The molecule has 1 saturated heterocycles. The van der Waals surface area contributed by atoms with E-state index in [-0.39, 0.29) is 23.4 Å². The Hall–Kier alpha value is -4.40. The lowest BCUT2D eigenvalue weighted by molar-refractivity contribution is 0.0696. The molecule has 39 heavy (non-hydrogen) atoms. The lowest BCUT2D eigenvalue weighted by Gasteiger charge is -2.33. The fourth-order valence-corrected chi connectivity index (χ4v) is 5.53. The van der Waals surface area contributed by atoms with E-state index in [0.29, 0.717) is 33.7 Å². The van der Waals surface area contributed by atoms with Crippen LogP contribution in [0, 0.1) is 17.7 Å². The van der Waals surface area contributed by atoms with Crippen LogP contribution in [0.2, 0.25) is 0 Å². The summed E-state index contributed by atoms with van der Waals surface area (Å²) in [5.74, 6) is 0.761. The highest BCUT2D eigenvalue weighted by molar-refractivity contribution is 6.10. The molecular formula is C30H34N6O3. The van der Waals surface area contributed by atoms with Crippen LogP contribution < -0.4 is 10.5 Å². The lowest BCUT2D eigenvalue weighted by Crippen LogP contribution is -2.40. The Morgan fingerprint density at radius 2 is 1.79 bits per heavy atom. The second kappa shape index (κ2) is 10.1. The first kappa shape index (κ1) is 26.2. The quantitative estimate of drug-likeness (QED) is 0.195. The summed E-state index contributed by atoms with van der Waals surface area (Å²) in [6, 6.07) is 13.4. The van der Waals surface area contributed by atoms with Crippen molar-refractivity contribution in [1.29, 1.82) is 10.8 Å². The normalized spacial score (nSPS) is 14.3. The van der Waals surface area contributed by atoms with E-state index in [2.05, 4.69) is 0 Å². The van der Waals surface area contributed by atoms with E-state index < -0.39 is 5.97 Å². The first-order valence-corrected chi connectivity index (χ1v) is 13.2. The third kappa shape index (κ3) is 4.58. The molecule has 9 heteroatoms. The number of hydrogen-bond acceptors (Lipinski definition) is 5. The van der Waals surface area contributed by atoms with Gasteiger partial charge < -0.3 is 20.5 Å². The van der Waals surface area contributed by atoms with Crippen molar-refractivity contribution in [2.24, 2.45) is 5.73 Å². The van der Waals surface area contributed by atoms with Gasteiger partial charge in [0.15, 0.2) is 0 Å². The molecule has 1 aliphatic heterocycles. The number of fused-ring (bicyclic) bond motifs is 2. The van der Waals surface area contributed by atoms with Crippen LogP contribution in [0.15, 0.2) is 42.5 Å². The zero-order valence-electron chi connectivity index (χ0n) is 22.7. The highest BCUT2D eigenvalue weighted by Crippen LogP contribution is 2.37. The molecule has 0 radical (unpaired) electrons. The fourth-order valence-electron chi connectivity index (χ4n) is 5.53. The van der Waals surface area contributed by atoms with Crippen LogP contribution in [0.3, 0.4) is 0 Å². The number of hydrogen-bond donors (Lipinski definition) is 4. The number of piperidine rings is 1. The molecule has 0 spiro atoms. The molecule has 1 aromatic heterocycles. The summed E-state index contributed by atoms with van der Waals surface area (Å²) < 4.78 is 8.49. The molecule has 0 saturated carbocycles. The number of amidine groups is 2. The lowest BCUT2D eigenvalue weighted by atomic mass is 10.0. The topological polar surface area (TPSA) is 141 Å². The zero-order valence-corrected chi connectivity index (χ0v) is 22.7. The van der Waals surface area contributed by atoms with Gasteiger partial charge in [-0.1, -0.05) is 38.1 Å². The van der Waals surface area contributed by atoms with Crippen LogP contribution in [-0.4, -0.2) is 56.4 Å². The molecule has 0 unspecified atom stereocenters. The van der Waals surface area contributed by atoms with Gasteiger partial charge in [0.05, 0.1) is 22.6 Å². The summed E-state index contributed by atoms with van der Waals surface area (Å²) in [7, 11) is 0. The summed E-state index contributed by atoms with van der Waals surface area (Å²) in [5.41, 5.74) is 9.14. The molecular weight excluding hydrogens is 492 g/mol. The number of aromatic carboxylic acids is 1. The fraction of sp³-hybridized carbons (Fsp3) is 0.333. The molecule has 0 atom stereocenters. The molecule has 9 nitrogen and oxygen atoms in total. The Morgan fingerprint density at radius 3 is 2.38 bits per heavy atom. The molecule has 0 bridgehead atoms. The number of rotatable bonds is 6. The van der Waals surface area contributed by atoms with Crippen molar-refractivity contribution in [1.82, 2.24) is 14.5 Å². The first-order valence-electron chi connectivity index (χ1n) is 13.2. The van der Waals surface area contributed by atoms with E-state index in [0.717, 1.165) is 48.2 Å². The van der Waals surface area contributed by atoms with Crippen molar-refractivity contribution in [2.45, 2.75) is 52.6 Å². The first-order chi connectivity index (χ1) is 18.6. The molecule has 3 aromatic carbocycles. The Kier molecular flexibility index (Phi) is 6.76. The van der Waals surface area contributed by atoms with E-state index >= 15 is 0 Å². The van der Waals surface area contributed by atoms with E-state index in [1.165, 1.54) is 0 Å². The van der Waals surface area contributed by atoms with E-state index in [4.69, 9.17) is 26.3 Å². The minimum atomic E-state index is -1.05. The van der Waals surface area contributed by atoms with Gasteiger partial charge in [0, 0.05) is 54.4 Å². The van der Waals surface area contributed by atoms with E-state index in [9.17, 15) is 9.90 Å². The highest BCUT2D eigenvalue weighted by Gasteiger charge is 2.28. The number of nitrogens with zero attached hydrogens (tertiary/aromatic N) is 3. The van der Waals surface area contributed by atoms with Crippen molar-refractivity contribution in [3.05, 3.63) is 65.0 Å². The number of likely N-dealkylation sites (tertiary alicyclic amines) is 1. The number of ether oxygens (including phenoxy) is 1. The monoisotopic (exact) mass is 526 g/mol. The van der Waals surface area contributed by atoms with Gasteiger partial charge in [0.1, 0.15) is 29.0 Å². The SMILES string of the molecule is CC(=N)N1CCC(Oc2cc3c(nc(C(C)C)n3-c3ccc(C(=N)N)c4ccccc34)c(C(=O)O)c2C)CC1. The molecule has 0 amide bonds. The van der Waals surface area contributed by atoms with E-state index in [1.807, 2.05) is 65.8 Å². The predicted molar refractivity (Wildman–Crippen MR) is 154 cm³/mol. The van der Waals surface area contributed by atoms with E-state index in [1.54, 1.807) is 13.8 Å². The summed E-state index contributed by atoms with van der Waals surface area (Å²) in [5, 5.41) is 28.0. The number of nitrogens with two attached hydrogens (primary N) is 1. The minimum absolute atomic E-state index is 0.00338. The van der Waals surface area contributed by atoms with Crippen molar-refractivity contribution in [2.75, 3.05) is 13.1 Å². The van der Waals surface area contributed by atoms with Gasteiger partial charge in [0.25, 0.3) is 0 Å². The van der Waals surface area contributed by atoms with Gasteiger partial charge in [-0.05, 0) is 31.4 Å². The molecule has 4 aromatic rings. The van der Waals surface area contributed by atoms with Gasteiger partial charge in [-0.25, -0.2) is 9.78 Å². The third-order valence-electron chi connectivity index (χ3n) is 7.56. The maximum absolute atomic E-state index is 12.6. The standard InChI is InChI=1S/C30H34N6O3/c1-16(2)29-34-27-24(36(29)23-10-9-22(28(32)33)20-7-5-6-8-21(20)23)15-25(17(3)26(27)30(37)38)39-19-11-13-35(14-12-19)18(4)31/h5-10,15-16,19,31H,11-14H2,1-4H3,(H3,32,33)(H,37,38). The number of carboxylic acid groups (broad SMARTS) is 1. The summed E-state index contributed by atoms with van der Waals surface area (Å²) in [6.45, 7) is 9.11. The number of nitrogens with one attached hydrogen (secondary N) is 2. The Bertz CT molecular complexity index is 1630. The van der Waals surface area contributed by atoms with Crippen LogP contribution >= 0.6 is 0 Å². The average Bonchev–Trinajstić information content (AvgIpc) is 3.27. The van der Waals surface area contributed by atoms with Gasteiger partial charge in [-0.3, -0.25) is 15.4 Å². The largest absolute Gasteiger partial charge is 0.490 e. The Balaban J connectivity index is 1.73. The van der Waals surface area contributed by atoms with Gasteiger partial charge in [-0.15, -0.1) is 0 Å². The van der Waals surface area contributed by atoms with Crippen LogP contribution in [0.25, 0.3) is 27.5 Å². The van der Waals surface area contributed by atoms with Crippen molar-refractivity contribution >= 4 is 39.4 Å². The Morgan fingerprint density at radius 1 is 1.13 bits per heavy atom. The van der Waals surface area contributed by atoms with Gasteiger partial charge in [-0.2, -0.15) is 0 Å². The maximum Gasteiger partial charge on any atom is 0.338 e. The van der Waals surface area contributed by atoms with Crippen molar-refractivity contribution in [3.63, 3.8) is 0 Å². The van der Waals surface area contributed by atoms with Crippen molar-refractivity contribution in [3.8, 4) is 11.4 Å². The second-order valence-corrected chi connectivity index (χ2v) is 10.5. The second-order valence-electron chi connectivity index (χ2n) is 10.5. The molecule has 202 valence electrons. The van der Waals surface area contributed by atoms with Crippen molar-refractivity contribution < 1.29 is 14.6 Å². The molecule has 1 fully saturated rings. The van der Waals surface area contributed by atoms with Gasteiger partial charge >= 0.3 is 5.97 Å². The number of carboxylic acids is 1. The number of nitrogen functional groups attached to an aromatic ring is 1.